The minimum Gasteiger partial charge on any atom is -0.490 e. The van der Waals surface area contributed by atoms with Gasteiger partial charge in [-0.3, -0.25) is 4.79 Å². The van der Waals surface area contributed by atoms with Gasteiger partial charge in [-0.2, -0.15) is 0 Å². The van der Waals surface area contributed by atoms with Crippen LogP contribution in [0.5, 0.6) is 11.5 Å². The van der Waals surface area contributed by atoms with Crippen molar-refractivity contribution in [1.82, 2.24) is 5.32 Å². The molecule has 0 fully saturated rings. The Morgan fingerprint density at radius 3 is 2.30 bits per heavy atom. The monoisotopic (exact) mass is 377 g/mol. The number of benzene rings is 2. The fourth-order valence-electron chi connectivity index (χ4n) is 2.11. The van der Waals surface area contributed by atoms with Gasteiger partial charge < -0.3 is 14.8 Å². The molecular formula is C18H20BrNO3. The Kier molecular flexibility index (Phi) is 6.47. The van der Waals surface area contributed by atoms with Crippen LogP contribution in [0.3, 0.4) is 0 Å². The van der Waals surface area contributed by atoms with E-state index in [1.54, 1.807) is 6.07 Å². The summed E-state index contributed by atoms with van der Waals surface area (Å²) in [5.74, 6) is 1.04. The van der Waals surface area contributed by atoms with Gasteiger partial charge in [-0.1, -0.05) is 40.2 Å². The van der Waals surface area contributed by atoms with Crippen LogP contribution in [0.4, 0.5) is 0 Å². The maximum absolute atomic E-state index is 12.1. The molecule has 2 aromatic carbocycles. The molecule has 4 nitrogen and oxygen atoms in total. The van der Waals surface area contributed by atoms with Gasteiger partial charge in [0.15, 0.2) is 18.1 Å². The molecule has 122 valence electrons. The Bertz CT molecular complexity index is 643. The largest absolute Gasteiger partial charge is 0.490 e. The van der Waals surface area contributed by atoms with Crippen molar-refractivity contribution in [3.8, 4) is 11.5 Å². The number of nitrogens with one attached hydrogen (secondary N) is 1. The SMILES string of the molecule is CCOc1ccccc1OCC(=O)N[C@H](C)c1ccc(Br)cc1. The topological polar surface area (TPSA) is 47.6 Å². The predicted octanol–water partition coefficient (Wildman–Crippen LogP) is 4.10. The quantitative estimate of drug-likeness (QED) is 0.789. The first-order chi connectivity index (χ1) is 11.1. The molecule has 23 heavy (non-hydrogen) atoms. The summed E-state index contributed by atoms with van der Waals surface area (Å²) in [5, 5.41) is 2.92. The number of para-hydroxylation sites is 2. The zero-order valence-electron chi connectivity index (χ0n) is 13.2. The first-order valence-corrected chi connectivity index (χ1v) is 8.29. The average molecular weight is 378 g/mol. The molecule has 0 unspecified atom stereocenters. The number of carbonyl (C=O) groups is 1. The van der Waals surface area contributed by atoms with Crippen LogP contribution >= 0.6 is 15.9 Å². The molecule has 0 aliphatic carbocycles. The van der Waals surface area contributed by atoms with Crippen molar-refractivity contribution in [3.63, 3.8) is 0 Å². The molecule has 0 radical (unpaired) electrons. The van der Waals surface area contributed by atoms with Crippen LogP contribution in [0.2, 0.25) is 0 Å². The molecule has 0 spiro atoms. The van der Waals surface area contributed by atoms with E-state index in [-0.39, 0.29) is 18.6 Å². The van der Waals surface area contributed by atoms with Crippen molar-refractivity contribution in [3.05, 3.63) is 58.6 Å². The summed E-state index contributed by atoms with van der Waals surface area (Å²) >= 11 is 3.40. The van der Waals surface area contributed by atoms with Crippen molar-refractivity contribution in [2.45, 2.75) is 19.9 Å². The lowest BCUT2D eigenvalue weighted by molar-refractivity contribution is -0.123. The molecule has 1 atom stereocenters. The number of ether oxygens (including phenoxy) is 2. The number of rotatable bonds is 7. The van der Waals surface area contributed by atoms with Gasteiger partial charge in [-0.25, -0.2) is 0 Å². The van der Waals surface area contributed by atoms with Crippen molar-refractivity contribution in [1.29, 1.82) is 0 Å². The summed E-state index contributed by atoms with van der Waals surface area (Å²) in [4.78, 5) is 12.1. The Balaban J connectivity index is 1.89. The van der Waals surface area contributed by atoms with Crippen molar-refractivity contribution in [2.24, 2.45) is 0 Å². The molecule has 5 heteroatoms. The van der Waals surface area contributed by atoms with Gasteiger partial charge in [0.05, 0.1) is 12.6 Å². The minimum atomic E-state index is -0.174. The van der Waals surface area contributed by atoms with Gasteiger partial charge in [0.1, 0.15) is 0 Å². The van der Waals surface area contributed by atoms with Crippen LogP contribution in [0.25, 0.3) is 0 Å². The van der Waals surface area contributed by atoms with E-state index in [2.05, 4.69) is 21.2 Å². The van der Waals surface area contributed by atoms with Crippen molar-refractivity contribution in [2.75, 3.05) is 13.2 Å². The van der Waals surface area contributed by atoms with E-state index >= 15 is 0 Å². The Hall–Kier alpha value is -2.01. The molecule has 2 aromatic rings. The highest BCUT2D eigenvalue weighted by Gasteiger charge is 2.11. The van der Waals surface area contributed by atoms with Crippen LogP contribution in [0.15, 0.2) is 53.0 Å². The Morgan fingerprint density at radius 1 is 1.09 bits per heavy atom. The van der Waals surface area contributed by atoms with E-state index < -0.39 is 0 Å². The highest BCUT2D eigenvalue weighted by atomic mass is 79.9. The van der Waals surface area contributed by atoms with Crippen molar-refractivity contribution < 1.29 is 14.3 Å². The Morgan fingerprint density at radius 2 is 1.70 bits per heavy atom. The lowest BCUT2D eigenvalue weighted by atomic mass is 10.1. The van der Waals surface area contributed by atoms with E-state index in [1.807, 2.05) is 56.3 Å². The second kappa shape index (κ2) is 8.58. The number of hydrogen-bond donors (Lipinski definition) is 1. The van der Waals surface area contributed by atoms with Gasteiger partial charge in [0.25, 0.3) is 5.91 Å². The number of carbonyl (C=O) groups excluding carboxylic acids is 1. The summed E-state index contributed by atoms with van der Waals surface area (Å²) in [5.41, 5.74) is 1.04. The fraction of sp³-hybridized carbons (Fsp3) is 0.278. The third-order valence-corrected chi connectivity index (χ3v) is 3.78. The zero-order chi connectivity index (χ0) is 16.7. The van der Waals surface area contributed by atoms with Crippen LogP contribution in [0.1, 0.15) is 25.5 Å². The average Bonchev–Trinajstić information content (AvgIpc) is 2.55. The molecule has 0 aromatic heterocycles. The number of amides is 1. The third-order valence-electron chi connectivity index (χ3n) is 3.26. The summed E-state index contributed by atoms with van der Waals surface area (Å²) < 4.78 is 12.0. The van der Waals surface area contributed by atoms with Crippen LogP contribution in [-0.2, 0) is 4.79 Å². The van der Waals surface area contributed by atoms with Crippen LogP contribution < -0.4 is 14.8 Å². The molecule has 0 aliphatic heterocycles. The van der Waals surface area contributed by atoms with E-state index in [1.165, 1.54) is 0 Å². The van der Waals surface area contributed by atoms with Gasteiger partial charge in [-0.05, 0) is 43.7 Å². The van der Waals surface area contributed by atoms with E-state index in [0.717, 1.165) is 10.0 Å². The lowest BCUT2D eigenvalue weighted by Crippen LogP contribution is -2.31. The van der Waals surface area contributed by atoms with E-state index in [4.69, 9.17) is 9.47 Å². The second-order valence-electron chi connectivity index (χ2n) is 5.01. The van der Waals surface area contributed by atoms with Crippen molar-refractivity contribution >= 4 is 21.8 Å². The fourth-order valence-corrected chi connectivity index (χ4v) is 2.37. The highest BCUT2D eigenvalue weighted by molar-refractivity contribution is 9.10. The lowest BCUT2D eigenvalue weighted by Gasteiger charge is -2.16. The summed E-state index contributed by atoms with van der Waals surface area (Å²) in [6, 6.07) is 15.1. The molecule has 0 saturated heterocycles. The second-order valence-corrected chi connectivity index (χ2v) is 5.92. The normalized spacial score (nSPS) is 11.6. The Labute approximate surface area is 144 Å². The standard InChI is InChI=1S/C18H20BrNO3/c1-3-22-16-6-4-5-7-17(16)23-12-18(21)20-13(2)14-8-10-15(19)11-9-14/h4-11,13H,3,12H2,1-2H3,(H,20,21)/t13-/m1/s1. The third kappa shape index (κ3) is 5.28. The molecular weight excluding hydrogens is 358 g/mol. The maximum Gasteiger partial charge on any atom is 0.258 e. The zero-order valence-corrected chi connectivity index (χ0v) is 14.8. The summed E-state index contributed by atoms with van der Waals surface area (Å²) in [6.45, 7) is 4.34. The molecule has 0 heterocycles. The first kappa shape index (κ1) is 17.3. The molecule has 0 saturated carbocycles. The molecule has 2 rings (SSSR count). The minimum absolute atomic E-state index is 0.0506. The summed E-state index contributed by atoms with van der Waals surface area (Å²) in [6.07, 6.45) is 0. The molecule has 0 aliphatic rings. The number of halogens is 1. The predicted molar refractivity (Wildman–Crippen MR) is 93.8 cm³/mol. The maximum atomic E-state index is 12.1. The molecule has 1 N–H and O–H groups in total. The van der Waals surface area contributed by atoms with Gasteiger partial charge in [0.2, 0.25) is 0 Å². The van der Waals surface area contributed by atoms with E-state index in [9.17, 15) is 4.79 Å². The molecule has 1 amide bonds. The molecule has 0 bridgehead atoms. The number of hydrogen-bond acceptors (Lipinski definition) is 3. The van der Waals surface area contributed by atoms with Crippen LogP contribution in [-0.4, -0.2) is 19.1 Å². The first-order valence-electron chi connectivity index (χ1n) is 7.49. The highest BCUT2D eigenvalue weighted by Crippen LogP contribution is 2.26. The smallest absolute Gasteiger partial charge is 0.258 e. The van der Waals surface area contributed by atoms with E-state index in [0.29, 0.717) is 18.1 Å². The van der Waals surface area contributed by atoms with Gasteiger partial charge >= 0.3 is 0 Å². The van der Waals surface area contributed by atoms with Gasteiger partial charge in [0, 0.05) is 4.47 Å². The summed E-state index contributed by atoms with van der Waals surface area (Å²) in [7, 11) is 0. The van der Waals surface area contributed by atoms with Gasteiger partial charge in [-0.15, -0.1) is 0 Å². The van der Waals surface area contributed by atoms with Crippen LogP contribution in [0, 0.1) is 0 Å².